The lowest BCUT2D eigenvalue weighted by Gasteiger charge is -1.98. The number of phenols is 1. The summed E-state index contributed by atoms with van der Waals surface area (Å²) < 4.78 is 13.0. The van der Waals surface area contributed by atoms with Crippen LogP contribution in [0.2, 0.25) is 0 Å². The van der Waals surface area contributed by atoms with E-state index in [2.05, 4.69) is 11.8 Å². The molecule has 1 rings (SSSR count). The van der Waals surface area contributed by atoms with Gasteiger partial charge in [-0.05, 0) is 6.07 Å². The van der Waals surface area contributed by atoms with E-state index in [9.17, 15) is 14.5 Å². The van der Waals surface area contributed by atoms with Gasteiger partial charge in [-0.1, -0.05) is 11.8 Å². The van der Waals surface area contributed by atoms with Crippen LogP contribution in [0.1, 0.15) is 12.0 Å². The number of benzene rings is 1. The maximum Gasteiger partial charge on any atom is 0.315 e. The van der Waals surface area contributed by atoms with Gasteiger partial charge in [0, 0.05) is 18.1 Å². The zero-order valence-electron chi connectivity index (χ0n) is 8.11. The van der Waals surface area contributed by atoms with Crippen molar-refractivity contribution in [3.63, 3.8) is 0 Å². The Morgan fingerprint density at radius 3 is 2.75 bits per heavy atom. The summed E-state index contributed by atoms with van der Waals surface area (Å²) in [6, 6.07) is 1.87. The molecule has 16 heavy (non-hydrogen) atoms. The molecule has 0 aliphatic carbocycles. The topological polar surface area (TPSA) is 83.6 Å². The van der Waals surface area contributed by atoms with Gasteiger partial charge < -0.3 is 10.2 Å². The summed E-state index contributed by atoms with van der Waals surface area (Å²) in [5.74, 6) is 2.84. The minimum absolute atomic E-state index is 0.0791. The molecule has 0 atom stereocenters. The number of nitro benzene ring substituents is 1. The number of nitrogens with zero attached hydrogens (tertiary/aromatic N) is 1. The second-order valence-corrected chi connectivity index (χ2v) is 2.86. The van der Waals surface area contributed by atoms with Crippen LogP contribution in [0.3, 0.4) is 0 Å². The van der Waals surface area contributed by atoms with Gasteiger partial charge in [-0.2, -0.15) is 0 Å². The summed E-state index contributed by atoms with van der Waals surface area (Å²) >= 11 is 0. The first-order valence-electron chi connectivity index (χ1n) is 4.33. The molecule has 1 aromatic rings. The highest BCUT2D eigenvalue weighted by atomic mass is 19.1. The number of rotatable bonds is 2. The van der Waals surface area contributed by atoms with Crippen molar-refractivity contribution in [1.82, 2.24) is 0 Å². The SMILES string of the molecule is O=[N+]([O-])c1cc(C#CCCO)cc(F)c1O. The molecule has 1 aromatic carbocycles. The number of phenolic OH excluding ortho intramolecular Hbond substituents is 1. The lowest BCUT2D eigenvalue weighted by atomic mass is 10.2. The molecule has 0 unspecified atom stereocenters. The Morgan fingerprint density at radius 1 is 1.50 bits per heavy atom. The fourth-order valence-corrected chi connectivity index (χ4v) is 1.02. The number of aliphatic hydroxyl groups excluding tert-OH is 1. The van der Waals surface area contributed by atoms with E-state index in [1.165, 1.54) is 0 Å². The smallest absolute Gasteiger partial charge is 0.315 e. The molecular weight excluding hydrogens is 217 g/mol. The number of hydrogen-bond acceptors (Lipinski definition) is 4. The summed E-state index contributed by atoms with van der Waals surface area (Å²) in [4.78, 5) is 9.55. The van der Waals surface area contributed by atoms with Crippen LogP contribution in [0.5, 0.6) is 5.75 Å². The molecule has 0 bridgehead atoms. The Kier molecular flexibility index (Phi) is 3.80. The highest BCUT2D eigenvalue weighted by Gasteiger charge is 2.18. The number of hydrogen-bond donors (Lipinski definition) is 2. The first-order valence-corrected chi connectivity index (χ1v) is 4.33. The molecule has 0 amide bonds. The summed E-state index contributed by atoms with van der Waals surface area (Å²) in [5, 5.41) is 28.0. The van der Waals surface area contributed by atoms with Crippen LogP contribution in [0.15, 0.2) is 12.1 Å². The Morgan fingerprint density at radius 2 is 2.19 bits per heavy atom. The molecule has 0 saturated heterocycles. The summed E-state index contributed by atoms with van der Waals surface area (Å²) in [7, 11) is 0. The predicted molar refractivity (Wildman–Crippen MR) is 53.3 cm³/mol. The zero-order valence-corrected chi connectivity index (χ0v) is 8.11. The average Bonchev–Trinajstić information content (AvgIpc) is 2.23. The molecule has 0 spiro atoms. The molecule has 0 aliphatic heterocycles. The lowest BCUT2D eigenvalue weighted by molar-refractivity contribution is -0.386. The van der Waals surface area contributed by atoms with Crippen LogP contribution in [0, 0.1) is 27.8 Å². The molecule has 84 valence electrons. The Balaban J connectivity index is 3.15. The number of halogens is 1. The Labute approximate surface area is 90.3 Å². The van der Waals surface area contributed by atoms with E-state index in [0.717, 1.165) is 12.1 Å². The molecule has 0 radical (unpaired) electrons. The first-order chi connectivity index (χ1) is 7.56. The van der Waals surface area contributed by atoms with E-state index in [4.69, 9.17) is 10.2 Å². The molecule has 0 saturated carbocycles. The Bertz CT molecular complexity index is 476. The second-order valence-electron chi connectivity index (χ2n) is 2.86. The molecule has 6 heteroatoms. The fraction of sp³-hybridized carbons (Fsp3) is 0.200. The monoisotopic (exact) mass is 225 g/mol. The van der Waals surface area contributed by atoms with Crippen molar-refractivity contribution in [3.05, 3.63) is 33.6 Å². The number of nitro groups is 1. The van der Waals surface area contributed by atoms with Crippen molar-refractivity contribution in [2.75, 3.05) is 6.61 Å². The van der Waals surface area contributed by atoms with E-state index >= 15 is 0 Å². The van der Waals surface area contributed by atoms with E-state index in [-0.39, 0.29) is 18.6 Å². The van der Waals surface area contributed by atoms with Crippen molar-refractivity contribution >= 4 is 5.69 Å². The molecule has 2 N–H and O–H groups in total. The largest absolute Gasteiger partial charge is 0.500 e. The van der Waals surface area contributed by atoms with Gasteiger partial charge in [-0.15, -0.1) is 0 Å². The minimum Gasteiger partial charge on any atom is -0.500 e. The maximum atomic E-state index is 13.0. The van der Waals surface area contributed by atoms with Gasteiger partial charge in [0.25, 0.3) is 0 Å². The van der Waals surface area contributed by atoms with Gasteiger partial charge in [0.15, 0.2) is 5.82 Å². The predicted octanol–water partition coefficient (Wildman–Crippen LogP) is 1.17. The van der Waals surface area contributed by atoms with Gasteiger partial charge in [0.05, 0.1) is 11.5 Å². The quantitative estimate of drug-likeness (QED) is 0.449. The van der Waals surface area contributed by atoms with E-state index < -0.39 is 22.2 Å². The van der Waals surface area contributed by atoms with Crippen LogP contribution < -0.4 is 0 Å². The number of aliphatic hydroxyl groups is 1. The van der Waals surface area contributed by atoms with Gasteiger partial charge in [-0.3, -0.25) is 10.1 Å². The van der Waals surface area contributed by atoms with Crippen molar-refractivity contribution in [2.24, 2.45) is 0 Å². The van der Waals surface area contributed by atoms with Crippen LogP contribution in [-0.2, 0) is 0 Å². The molecule has 5 nitrogen and oxygen atoms in total. The van der Waals surface area contributed by atoms with E-state index in [0.29, 0.717) is 0 Å². The van der Waals surface area contributed by atoms with Crippen LogP contribution >= 0.6 is 0 Å². The van der Waals surface area contributed by atoms with Crippen LogP contribution in [-0.4, -0.2) is 21.7 Å². The van der Waals surface area contributed by atoms with E-state index in [1.54, 1.807) is 0 Å². The van der Waals surface area contributed by atoms with Crippen molar-refractivity contribution < 1.29 is 19.5 Å². The average molecular weight is 225 g/mol. The summed E-state index contributed by atoms with van der Waals surface area (Å²) in [5.41, 5.74) is -0.649. The van der Waals surface area contributed by atoms with Crippen LogP contribution in [0.25, 0.3) is 0 Å². The lowest BCUT2D eigenvalue weighted by Crippen LogP contribution is -1.92. The van der Waals surface area contributed by atoms with Gasteiger partial charge >= 0.3 is 5.69 Å². The molecule has 0 fully saturated rings. The van der Waals surface area contributed by atoms with Crippen molar-refractivity contribution in [1.29, 1.82) is 0 Å². The molecule has 0 heterocycles. The Hall–Kier alpha value is -2.13. The number of aromatic hydroxyl groups is 1. The summed E-state index contributed by atoms with van der Waals surface area (Å²) in [6.45, 7) is -0.143. The fourth-order valence-electron chi connectivity index (χ4n) is 1.02. The second kappa shape index (κ2) is 5.09. The van der Waals surface area contributed by atoms with Crippen molar-refractivity contribution in [3.8, 4) is 17.6 Å². The third-order valence-corrected chi connectivity index (χ3v) is 1.71. The third kappa shape index (κ3) is 2.68. The molecule has 0 aromatic heterocycles. The summed E-state index contributed by atoms with van der Waals surface area (Å²) in [6.07, 6.45) is 0.191. The molecular formula is C10H8FNO4. The van der Waals surface area contributed by atoms with Crippen LogP contribution in [0.4, 0.5) is 10.1 Å². The van der Waals surface area contributed by atoms with Gasteiger partial charge in [0.1, 0.15) is 0 Å². The van der Waals surface area contributed by atoms with Crippen molar-refractivity contribution in [2.45, 2.75) is 6.42 Å². The highest BCUT2D eigenvalue weighted by molar-refractivity contribution is 5.52. The molecule has 0 aliphatic rings. The van der Waals surface area contributed by atoms with Gasteiger partial charge in [0.2, 0.25) is 5.75 Å². The first kappa shape index (κ1) is 11.9. The van der Waals surface area contributed by atoms with E-state index in [1.807, 2.05) is 0 Å². The maximum absolute atomic E-state index is 13.0. The zero-order chi connectivity index (χ0) is 12.1. The normalized spacial score (nSPS) is 9.38. The minimum atomic E-state index is -1.09. The third-order valence-electron chi connectivity index (χ3n) is 1.71. The van der Waals surface area contributed by atoms with Gasteiger partial charge in [-0.25, -0.2) is 4.39 Å². The standard InChI is InChI=1S/C10H8FNO4/c11-8-5-7(3-1-2-4-13)6-9(10(8)14)12(15)16/h5-6,13-14H,2,4H2. The highest BCUT2D eigenvalue weighted by Crippen LogP contribution is 2.29.